The van der Waals surface area contributed by atoms with Crippen LogP contribution in [0, 0.1) is 12.7 Å². The van der Waals surface area contributed by atoms with Crippen molar-refractivity contribution in [1.82, 2.24) is 15.0 Å². The van der Waals surface area contributed by atoms with Crippen molar-refractivity contribution in [2.75, 3.05) is 11.9 Å². The minimum atomic E-state index is -0.413. The van der Waals surface area contributed by atoms with Gasteiger partial charge in [0.25, 0.3) is 0 Å². The molecule has 4 nitrogen and oxygen atoms in total. The summed E-state index contributed by atoms with van der Waals surface area (Å²) in [5, 5.41) is 3.89. The maximum atomic E-state index is 13.6. The standard InChI is InChI=1S/C14H15Cl2FN4/c1-3-11-13(16)14(21-8(2)20-11)18-5-4-12-10(17)6-9(15)7-19-12/h6-7H,3-5H2,1-2H3,(H,18,20,21). The summed E-state index contributed by atoms with van der Waals surface area (Å²) in [6.07, 6.45) is 2.56. The van der Waals surface area contributed by atoms with Crippen molar-refractivity contribution >= 4 is 29.0 Å². The van der Waals surface area contributed by atoms with E-state index in [1.54, 1.807) is 6.92 Å². The van der Waals surface area contributed by atoms with Gasteiger partial charge in [-0.1, -0.05) is 30.1 Å². The maximum absolute atomic E-state index is 13.6. The van der Waals surface area contributed by atoms with Gasteiger partial charge < -0.3 is 5.32 Å². The van der Waals surface area contributed by atoms with Crippen LogP contribution >= 0.6 is 23.2 Å². The third-order valence-electron chi connectivity index (χ3n) is 2.90. The summed E-state index contributed by atoms with van der Waals surface area (Å²) in [6.45, 7) is 4.25. The average Bonchev–Trinajstić information content (AvgIpc) is 2.44. The third-order valence-corrected chi connectivity index (χ3v) is 3.51. The number of rotatable bonds is 5. The molecule has 0 atom stereocenters. The number of pyridine rings is 1. The van der Waals surface area contributed by atoms with Crippen molar-refractivity contribution in [2.24, 2.45) is 0 Å². The zero-order valence-corrected chi connectivity index (χ0v) is 13.3. The maximum Gasteiger partial charge on any atom is 0.148 e. The van der Waals surface area contributed by atoms with Crippen molar-refractivity contribution in [3.8, 4) is 0 Å². The van der Waals surface area contributed by atoms with Crippen molar-refractivity contribution < 1.29 is 4.39 Å². The number of anilines is 1. The minimum absolute atomic E-state index is 0.284. The molecular formula is C14H15Cl2FN4. The van der Waals surface area contributed by atoms with Crippen LogP contribution in [-0.4, -0.2) is 21.5 Å². The fraction of sp³-hybridized carbons (Fsp3) is 0.357. The second-order valence-electron chi connectivity index (χ2n) is 4.49. The average molecular weight is 329 g/mol. The summed E-state index contributed by atoms with van der Waals surface area (Å²) in [5.74, 6) is 0.799. The van der Waals surface area contributed by atoms with E-state index in [1.807, 2.05) is 6.92 Å². The number of halogens is 3. The molecular weight excluding hydrogens is 314 g/mol. The van der Waals surface area contributed by atoms with Crippen LogP contribution in [0.2, 0.25) is 10.0 Å². The molecule has 0 aromatic carbocycles. The van der Waals surface area contributed by atoms with E-state index in [1.165, 1.54) is 12.3 Å². The Balaban J connectivity index is 2.05. The van der Waals surface area contributed by atoms with Crippen LogP contribution in [0.15, 0.2) is 12.3 Å². The van der Waals surface area contributed by atoms with Gasteiger partial charge >= 0.3 is 0 Å². The third kappa shape index (κ3) is 4.02. The molecule has 2 aromatic rings. The normalized spacial score (nSPS) is 10.7. The van der Waals surface area contributed by atoms with E-state index in [9.17, 15) is 4.39 Å². The SMILES string of the molecule is CCc1nc(C)nc(NCCc2ncc(Cl)cc2F)c1Cl. The predicted molar refractivity (Wildman–Crippen MR) is 82.6 cm³/mol. The van der Waals surface area contributed by atoms with Crippen molar-refractivity contribution in [3.05, 3.63) is 45.3 Å². The highest BCUT2D eigenvalue weighted by molar-refractivity contribution is 6.33. The Kier molecular flexibility index (Phi) is 5.31. The molecule has 2 heterocycles. The molecule has 0 aliphatic rings. The van der Waals surface area contributed by atoms with Gasteiger partial charge in [0.15, 0.2) is 0 Å². The molecule has 0 fully saturated rings. The van der Waals surface area contributed by atoms with Gasteiger partial charge in [-0.2, -0.15) is 0 Å². The molecule has 112 valence electrons. The lowest BCUT2D eigenvalue weighted by Crippen LogP contribution is -2.11. The van der Waals surface area contributed by atoms with E-state index in [4.69, 9.17) is 23.2 Å². The number of hydrogen-bond acceptors (Lipinski definition) is 4. The molecule has 21 heavy (non-hydrogen) atoms. The van der Waals surface area contributed by atoms with E-state index in [-0.39, 0.29) is 5.02 Å². The van der Waals surface area contributed by atoms with Crippen molar-refractivity contribution in [1.29, 1.82) is 0 Å². The Labute approximate surface area is 132 Å². The van der Waals surface area contributed by atoms with E-state index in [0.717, 1.165) is 12.1 Å². The summed E-state index contributed by atoms with van der Waals surface area (Å²) in [7, 11) is 0. The summed E-state index contributed by atoms with van der Waals surface area (Å²) < 4.78 is 13.6. The van der Waals surface area contributed by atoms with Gasteiger partial charge in [-0.3, -0.25) is 4.98 Å². The van der Waals surface area contributed by atoms with Gasteiger partial charge in [-0.05, 0) is 19.4 Å². The van der Waals surface area contributed by atoms with Gasteiger partial charge in [0.1, 0.15) is 22.5 Å². The van der Waals surface area contributed by atoms with Crippen molar-refractivity contribution in [3.63, 3.8) is 0 Å². The lowest BCUT2D eigenvalue weighted by Gasteiger charge is -2.11. The van der Waals surface area contributed by atoms with Gasteiger partial charge in [-0.15, -0.1) is 0 Å². The topological polar surface area (TPSA) is 50.7 Å². The van der Waals surface area contributed by atoms with Crippen LogP contribution in [0.4, 0.5) is 10.2 Å². The zero-order chi connectivity index (χ0) is 15.4. The largest absolute Gasteiger partial charge is 0.368 e. The second-order valence-corrected chi connectivity index (χ2v) is 5.31. The number of hydrogen-bond donors (Lipinski definition) is 1. The molecule has 0 aliphatic heterocycles. The fourth-order valence-electron chi connectivity index (χ4n) is 1.89. The quantitative estimate of drug-likeness (QED) is 0.905. The number of aryl methyl sites for hydroxylation is 2. The summed E-state index contributed by atoms with van der Waals surface area (Å²) in [5.41, 5.74) is 1.15. The predicted octanol–water partition coefficient (Wildman–Crippen LogP) is 3.84. The number of aromatic nitrogens is 3. The Morgan fingerprint density at radius 3 is 2.67 bits per heavy atom. The smallest absolute Gasteiger partial charge is 0.148 e. The van der Waals surface area contributed by atoms with Crippen LogP contribution in [-0.2, 0) is 12.8 Å². The summed E-state index contributed by atoms with van der Waals surface area (Å²) in [6, 6.07) is 1.25. The summed E-state index contributed by atoms with van der Waals surface area (Å²) in [4.78, 5) is 12.5. The van der Waals surface area contributed by atoms with Crippen molar-refractivity contribution in [2.45, 2.75) is 26.7 Å². The molecule has 7 heteroatoms. The van der Waals surface area contributed by atoms with Gasteiger partial charge in [0, 0.05) is 19.2 Å². The highest BCUT2D eigenvalue weighted by Gasteiger charge is 2.10. The first-order chi connectivity index (χ1) is 10.0. The molecule has 1 N–H and O–H groups in total. The molecule has 0 spiro atoms. The highest BCUT2D eigenvalue weighted by Crippen LogP contribution is 2.23. The monoisotopic (exact) mass is 328 g/mol. The fourth-order valence-corrected chi connectivity index (χ4v) is 2.32. The number of nitrogens with one attached hydrogen (secondary N) is 1. The molecule has 0 aliphatic carbocycles. The van der Waals surface area contributed by atoms with E-state index < -0.39 is 5.82 Å². The lowest BCUT2D eigenvalue weighted by atomic mass is 10.2. The molecule has 2 aromatic heterocycles. The summed E-state index contributed by atoms with van der Waals surface area (Å²) >= 11 is 11.9. The highest BCUT2D eigenvalue weighted by atomic mass is 35.5. The molecule has 0 saturated carbocycles. The molecule has 0 saturated heterocycles. The first-order valence-corrected chi connectivity index (χ1v) is 7.33. The van der Waals surface area contributed by atoms with E-state index >= 15 is 0 Å². The Morgan fingerprint density at radius 2 is 2.00 bits per heavy atom. The first-order valence-electron chi connectivity index (χ1n) is 6.58. The van der Waals surface area contributed by atoms with E-state index in [2.05, 4.69) is 20.3 Å². The first kappa shape index (κ1) is 15.9. The Bertz CT molecular complexity index is 649. The van der Waals surface area contributed by atoms with Gasteiger partial charge in [-0.25, -0.2) is 14.4 Å². The van der Waals surface area contributed by atoms with Crippen LogP contribution in [0.5, 0.6) is 0 Å². The lowest BCUT2D eigenvalue weighted by molar-refractivity contribution is 0.600. The van der Waals surface area contributed by atoms with Gasteiger partial charge in [0.05, 0.1) is 16.4 Å². The van der Waals surface area contributed by atoms with Gasteiger partial charge in [0.2, 0.25) is 0 Å². The van der Waals surface area contributed by atoms with Crippen LogP contribution in [0.1, 0.15) is 24.1 Å². The Hall–Kier alpha value is -1.46. The molecule has 0 bridgehead atoms. The second kappa shape index (κ2) is 7.00. The molecule has 0 unspecified atom stereocenters. The number of nitrogens with zero attached hydrogens (tertiary/aromatic N) is 3. The zero-order valence-electron chi connectivity index (χ0n) is 11.8. The van der Waals surface area contributed by atoms with E-state index in [0.29, 0.717) is 35.3 Å². The van der Waals surface area contributed by atoms with Crippen LogP contribution < -0.4 is 5.32 Å². The molecule has 2 rings (SSSR count). The van der Waals surface area contributed by atoms with Crippen LogP contribution in [0.25, 0.3) is 0 Å². The van der Waals surface area contributed by atoms with Crippen LogP contribution in [0.3, 0.4) is 0 Å². The molecule has 0 amide bonds. The molecule has 0 radical (unpaired) electrons. The Morgan fingerprint density at radius 1 is 1.24 bits per heavy atom. The minimum Gasteiger partial charge on any atom is -0.368 e.